The maximum Gasteiger partial charge on any atom is 0.337 e. The Morgan fingerprint density at radius 2 is 1.63 bits per heavy atom. The quantitative estimate of drug-likeness (QED) is 0.667. The maximum atomic E-state index is 12.4. The Morgan fingerprint density at radius 3 is 2.37 bits per heavy atom. The summed E-state index contributed by atoms with van der Waals surface area (Å²) >= 11 is 0. The Labute approximate surface area is 157 Å². The van der Waals surface area contributed by atoms with Gasteiger partial charge in [0.15, 0.2) is 0 Å². The number of ether oxygens (including phenoxy) is 1. The highest BCUT2D eigenvalue weighted by Crippen LogP contribution is 2.19. The maximum absolute atomic E-state index is 12.4. The lowest BCUT2D eigenvalue weighted by Crippen LogP contribution is -2.12. The van der Waals surface area contributed by atoms with Crippen LogP contribution in [0.25, 0.3) is 0 Å². The zero-order valence-corrected chi connectivity index (χ0v) is 15.0. The van der Waals surface area contributed by atoms with E-state index >= 15 is 0 Å². The van der Waals surface area contributed by atoms with Gasteiger partial charge in [0.1, 0.15) is 0 Å². The van der Waals surface area contributed by atoms with Gasteiger partial charge in [-0.05, 0) is 43.3 Å². The van der Waals surface area contributed by atoms with E-state index in [-0.39, 0.29) is 5.91 Å². The topological polar surface area (TPSA) is 80.3 Å². The van der Waals surface area contributed by atoms with Crippen LogP contribution in [0, 0.1) is 6.92 Å². The number of nitrogens with one attached hydrogen (secondary N) is 2. The number of amides is 1. The zero-order valence-electron chi connectivity index (χ0n) is 15.0. The number of aromatic nitrogens is 1. The number of rotatable bonds is 5. The summed E-state index contributed by atoms with van der Waals surface area (Å²) in [7, 11) is 1.34. The molecule has 27 heavy (non-hydrogen) atoms. The van der Waals surface area contributed by atoms with Gasteiger partial charge in [0.2, 0.25) is 0 Å². The van der Waals surface area contributed by atoms with E-state index < -0.39 is 5.97 Å². The number of hydrogen-bond acceptors (Lipinski definition) is 5. The van der Waals surface area contributed by atoms with Crippen LogP contribution in [0.1, 0.15) is 26.3 Å². The molecule has 0 radical (unpaired) electrons. The molecule has 136 valence electrons. The normalized spacial score (nSPS) is 10.1. The molecule has 0 atom stereocenters. The second-order valence-electron chi connectivity index (χ2n) is 5.98. The van der Waals surface area contributed by atoms with E-state index in [0.29, 0.717) is 22.5 Å². The number of pyridine rings is 1. The van der Waals surface area contributed by atoms with Crippen LogP contribution in [0.5, 0.6) is 0 Å². The largest absolute Gasteiger partial charge is 0.465 e. The fourth-order valence-electron chi connectivity index (χ4n) is 2.48. The Kier molecular flexibility index (Phi) is 5.47. The summed E-state index contributed by atoms with van der Waals surface area (Å²) in [4.78, 5) is 28.2. The molecule has 6 nitrogen and oxygen atoms in total. The van der Waals surface area contributed by atoms with Gasteiger partial charge in [0.25, 0.3) is 5.91 Å². The van der Waals surface area contributed by atoms with Crippen LogP contribution in [0.3, 0.4) is 0 Å². The summed E-state index contributed by atoms with van der Waals surface area (Å²) in [5.41, 5.74) is 4.02. The van der Waals surface area contributed by atoms with Crippen molar-refractivity contribution < 1.29 is 14.3 Å². The monoisotopic (exact) mass is 361 g/mol. The number of benzene rings is 2. The standard InChI is InChI=1S/C21H19N3O3/c1-14-6-8-17(9-7-14)24-20(25)16-11-19(13-22-12-16)23-18-5-3-4-15(10-18)21(26)27-2/h3-13,23H,1-2H3,(H,24,25). The number of esters is 1. The van der Waals surface area contributed by atoms with E-state index in [9.17, 15) is 9.59 Å². The molecule has 0 bridgehead atoms. The minimum absolute atomic E-state index is 0.252. The number of methoxy groups -OCH3 is 1. The summed E-state index contributed by atoms with van der Waals surface area (Å²) < 4.78 is 4.72. The number of anilines is 3. The number of nitrogens with zero attached hydrogens (tertiary/aromatic N) is 1. The average Bonchev–Trinajstić information content (AvgIpc) is 2.69. The molecule has 0 saturated carbocycles. The first-order valence-corrected chi connectivity index (χ1v) is 8.33. The molecular formula is C21H19N3O3. The van der Waals surface area contributed by atoms with Crippen molar-refractivity contribution in [2.24, 2.45) is 0 Å². The van der Waals surface area contributed by atoms with Gasteiger partial charge in [-0.3, -0.25) is 9.78 Å². The Balaban J connectivity index is 1.74. The van der Waals surface area contributed by atoms with Crippen molar-refractivity contribution in [1.29, 1.82) is 0 Å². The molecule has 2 aromatic carbocycles. The lowest BCUT2D eigenvalue weighted by atomic mass is 10.2. The number of hydrogen-bond donors (Lipinski definition) is 2. The molecule has 1 aromatic heterocycles. The van der Waals surface area contributed by atoms with Gasteiger partial charge in [-0.15, -0.1) is 0 Å². The number of aryl methyl sites for hydroxylation is 1. The minimum atomic E-state index is -0.414. The predicted molar refractivity (Wildman–Crippen MR) is 104 cm³/mol. The van der Waals surface area contributed by atoms with Crippen molar-refractivity contribution in [3.05, 3.63) is 83.7 Å². The van der Waals surface area contributed by atoms with Crippen molar-refractivity contribution in [2.45, 2.75) is 6.92 Å². The van der Waals surface area contributed by atoms with Crippen molar-refractivity contribution in [3.63, 3.8) is 0 Å². The van der Waals surface area contributed by atoms with E-state index in [4.69, 9.17) is 4.74 Å². The first-order valence-electron chi connectivity index (χ1n) is 8.33. The molecule has 0 spiro atoms. The fraction of sp³-hybridized carbons (Fsp3) is 0.0952. The first-order chi connectivity index (χ1) is 13.0. The molecule has 0 unspecified atom stereocenters. The second kappa shape index (κ2) is 8.14. The molecule has 0 aliphatic rings. The summed E-state index contributed by atoms with van der Waals surface area (Å²) in [5, 5.41) is 5.98. The Hall–Kier alpha value is -3.67. The predicted octanol–water partition coefficient (Wildman–Crippen LogP) is 4.17. The van der Waals surface area contributed by atoms with Gasteiger partial charge < -0.3 is 15.4 Å². The highest BCUT2D eigenvalue weighted by atomic mass is 16.5. The van der Waals surface area contributed by atoms with E-state index in [1.165, 1.54) is 13.3 Å². The zero-order chi connectivity index (χ0) is 19.2. The summed E-state index contributed by atoms with van der Waals surface area (Å²) in [6, 6.07) is 16.1. The highest BCUT2D eigenvalue weighted by Gasteiger charge is 2.09. The SMILES string of the molecule is COC(=O)c1cccc(Nc2cncc(C(=O)Nc3ccc(C)cc3)c2)c1. The van der Waals surface area contributed by atoms with Gasteiger partial charge >= 0.3 is 5.97 Å². The summed E-state index contributed by atoms with van der Waals surface area (Å²) in [6.07, 6.45) is 3.10. The van der Waals surface area contributed by atoms with Gasteiger partial charge in [0.05, 0.1) is 30.1 Å². The lowest BCUT2D eigenvalue weighted by molar-refractivity contribution is 0.0600. The molecule has 0 saturated heterocycles. The van der Waals surface area contributed by atoms with Crippen LogP contribution in [0.2, 0.25) is 0 Å². The molecule has 1 heterocycles. The van der Waals surface area contributed by atoms with E-state index in [2.05, 4.69) is 15.6 Å². The Morgan fingerprint density at radius 1 is 0.889 bits per heavy atom. The van der Waals surface area contributed by atoms with Crippen molar-refractivity contribution in [1.82, 2.24) is 4.98 Å². The van der Waals surface area contributed by atoms with Gasteiger partial charge in [-0.2, -0.15) is 0 Å². The van der Waals surface area contributed by atoms with Crippen molar-refractivity contribution >= 4 is 28.9 Å². The summed E-state index contributed by atoms with van der Waals surface area (Å²) in [6.45, 7) is 1.99. The van der Waals surface area contributed by atoms with Crippen LogP contribution < -0.4 is 10.6 Å². The molecule has 0 aliphatic heterocycles. The average molecular weight is 361 g/mol. The van der Waals surface area contributed by atoms with Gasteiger partial charge in [-0.25, -0.2) is 4.79 Å². The molecule has 0 aliphatic carbocycles. The second-order valence-corrected chi connectivity index (χ2v) is 5.98. The van der Waals surface area contributed by atoms with Gasteiger partial charge in [-0.1, -0.05) is 23.8 Å². The van der Waals surface area contributed by atoms with Crippen LogP contribution >= 0.6 is 0 Å². The Bertz CT molecular complexity index is 968. The minimum Gasteiger partial charge on any atom is -0.465 e. The third-order valence-corrected chi connectivity index (χ3v) is 3.88. The van der Waals surface area contributed by atoms with E-state index in [0.717, 1.165) is 11.3 Å². The lowest BCUT2D eigenvalue weighted by Gasteiger charge is -2.10. The first kappa shape index (κ1) is 18.1. The van der Waals surface area contributed by atoms with Gasteiger partial charge in [0, 0.05) is 17.6 Å². The smallest absolute Gasteiger partial charge is 0.337 e. The van der Waals surface area contributed by atoms with E-state index in [1.54, 1.807) is 30.5 Å². The van der Waals surface area contributed by atoms with Crippen molar-refractivity contribution in [2.75, 3.05) is 17.7 Å². The summed E-state index contributed by atoms with van der Waals surface area (Å²) in [5.74, 6) is -0.665. The molecular weight excluding hydrogens is 342 g/mol. The number of carbonyl (C=O) groups is 2. The van der Waals surface area contributed by atoms with Crippen molar-refractivity contribution in [3.8, 4) is 0 Å². The number of carbonyl (C=O) groups excluding carboxylic acids is 2. The fourth-order valence-corrected chi connectivity index (χ4v) is 2.48. The third-order valence-electron chi connectivity index (χ3n) is 3.88. The third kappa shape index (κ3) is 4.70. The highest BCUT2D eigenvalue weighted by molar-refractivity contribution is 6.04. The van der Waals surface area contributed by atoms with Crippen LogP contribution in [-0.2, 0) is 4.74 Å². The molecule has 3 aromatic rings. The molecule has 3 rings (SSSR count). The molecule has 1 amide bonds. The van der Waals surface area contributed by atoms with Crippen LogP contribution in [-0.4, -0.2) is 24.0 Å². The van der Waals surface area contributed by atoms with E-state index in [1.807, 2.05) is 37.3 Å². The van der Waals surface area contributed by atoms with Crippen LogP contribution in [0.15, 0.2) is 67.0 Å². The molecule has 0 fully saturated rings. The molecule has 6 heteroatoms. The molecule has 2 N–H and O–H groups in total. The van der Waals surface area contributed by atoms with Crippen LogP contribution in [0.4, 0.5) is 17.1 Å².